The van der Waals surface area contributed by atoms with Crippen LogP contribution in [0.25, 0.3) is 0 Å². The summed E-state index contributed by atoms with van der Waals surface area (Å²) in [7, 11) is 0. The number of hydrogen-bond donors (Lipinski definition) is 2. The lowest BCUT2D eigenvalue weighted by atomic mass is 9.76. The van der Waals surface area contributed by atoms with Crippen LogP contribution in [-0.2, 0) is 6.54 Å². The van der Waals surface area contributed by atoms with Crippen molar-refractivity contribution < 1.29 is 10.2 Å². The molecule has 0 amide bonds. The maximum absolute atomic E-state index is 10.6. The van der Waals surface area contributed by atoms with Crippen LogP contribution in [0.4, 0.5) is 0 Å². The van der Waals surface area contributed by atoms with Crippen LogP contribution in [-0.4, -0.2) is 25.6 Å². The van der Waals surface area contributed by atoms with Gasteiger partial charge in [0.1, 0.15) is 6.10 Å². The Labute approximate surface area is 109 Å². The Hall–Kier alpha value is -0.870. The lowest BCUT2D eigenvalue weighted by Gasteiger charge is -2.38. The normalized spacial score (nSPS) is 30.3. The lowest BCUT2D eigenvalue weighted by Crippen LogP contribution is -2.40. The van der Waals surface area contributed by atoms with Crippen LogP contribution >= 0.6 is 0 Å². The molecule has 2 N–H and O–H groups in total. The quantitative estimate of drug-likeness (QED) is 0.864. The molecular formula is C14H24N2O2. The van der Waals surface area contributed by atoms with E-state index in [9.17, 15) is 10.2 Å². The number of rotatable bonds is 4. The van der Waals surface area contributed by atoms with E-state index >= 15 is 0 Å². The van der Waals surface area contributed by atoms with Gasteiger partial charge < -0.3 is 10.2 Å². The molecule has 4 heteroatoms. The van der Waals surface area contributed by atoms with Crippen LogP contribution in [0.5, 0.6) is 0 Å². The fraction of sp³-hybridized carbons (Fsp3) is 0.786. The van der Waals surface area contributed by atoms with E-state index in [0.29, 0.717) is 18.8 Å². The first-order chi connectivity index (χ1) is 8.57. The Morgan fingerprint density at radius 2 is 2.17 bits per heavy atom. The van der Waals surface area contributed by atoms with Crippen molar-refractivity contribution in [1.82, 2.24) is 9.78 Å². The summed E-state index contributed by atoms with van der Waals surface area (Å²) < 4.78 is 1.81. The number of aryl methyl sites for hydroxylation is 1. The third-order valence-corrected chi connectivity index (χ3v) is 4.11. The fourth-order valence-electron chi connectivity index (χ4n) is 2.78. The van der Waals surface area contributed by atoms with Gasteiger partial charge in [-0.3, -0.25) is 4.68 Å². The third-order valence-electron chi connectivity index (χ3n) is 4.11. The number of nitrogens with zero attached hydrogens (tertiary/aromatic N) is 2. The second-order valence-corrected chi connectivity index (χ2v) is 5.67. The molecule has 0 bridgehead atoms. The lowest BCUT2D eigenvalue weighted by molar-refractivity contribution is -0.108. The second kappa shape index (κ2) is 5.41. The second-order valence-electron chi connectivity index (χ2n) is 5.67. The van der Waals surface area contributed by atoms with Gasteiger partial charge in [0.15, 0.2) is 0 Å². The molecule has 1 aliphatic carbocycles. The van der Waals surface area contributed by atoms with Gasteiger partial charge in [0.2, 0.25) is 0 Å². The minimum atomic E-state index is -0.974. The molecule has 4 nitrogen and oxygen atoms in total. The molecular weight excluding hydrogens is 228 g/mol. The molecule has 1 aliphatic rings. The van der Waals surface area contributed by atoms with Crippen molar-refractivity contribution in [3.8, 4) is 0 Å². The monoisotopic (exact) mass is 252 g/mol. The largest absolute Gasteiger partial charge is 0.387 e. The van der Waals surface area contributed by atoms with Gasteiger partial charge in [-0.2, -0.15) is 5.10 Å². The Morgan fingerprint density at radius 1 is 1.50 bits per heavy atom. The number of hydrogen-bond acceptors (Lipinski definition) is 3. The van der Waals surface area contributed by atoms with Gasteiger partial charge in [-0.05, 0) is 44.1 Å². The summed E-state index contributed by atoms with van der Waals surface area (Å²) in [4.78, 5) is 0. The molecule has 102 valence electrons. The van der Waals surface area contributed by atoms with Crippen molar-refractivity contribution in [2.24, 2.45) is 5.92 Å². The van der Waals surface area contributed by atoms with E-state index in [2.05, 4.69) is 18.9 Å². The van der Waals surface area contributed by atoms with E-state index in [1.807, 2.05) is 6.07 Å². The fourth-order valence-corrected chi connectivity index (χ4v) is 2.78. The Morgan fingerprint density at radius 3 is 2.78 bits per heavy atom. The molecule has 1 atom stereocenters. The molecule has 1 aromatic heterocycles. The van der Waals surface area contributed by atoms with Crippen LogP contribution in [0.2, 0.25) is 0 Å². The van der Waals surface area contributed by atoms with Crippen molar-refractivity contribution in [2.75, 3.05) is 0 Å². The van der Waals surface area contributed by atoms with E-state index in [1.165, 1.54) is 0 Å². The number of aromatic nitrogens is 2. The third kappa shape index (κ3) is 2.59. The predicted molar refractivity (Wildman–Crippen MR) is 70.1 cm³/mol. The summed E-state index contributed by atoms with van der Waals surface area (Å²) in [5.41, 5.74) is -0.230. The van der Waals surface area contributed by atoms with E-state index < -0.39 is 11.7 Å². The topological polar surface area (TPSA) is 58.3 Å². The molecule has 1 aromatic rings. The van der Waals surface area contributed by atoms with Gasteiger partial charge in [-0.25, -0.2) is 0 Å². The van der Waals surface area contributed by atoms with Crippen molar-refractivity contribution in [3.63, 3.8) is 0 Å². The standard InChI is InChI=1S/C14H24N2O2/c1-3-10-16-12(6-9-15-16)13(17)14(18)7-4-11(2)5-8-14/h6,9,11,13,17-18H,3-5,7-8,10H2,1-2H3. The van der Waals surface area contributed by atoms with Crippen molar-refractivity contribution in [3.05, 3.63) is 18.0 Å². The maximum atomic E-state index is 10.6. The highest BCUT2D eigenvalue weighted by atomic mass is 16.3. The average molecular weight is 252 g/mol. The molecule has 0 spiro atoms. The van der Waals surface area contributed by atoms with Crippen molar-refractivity contribution in [2.45, 2.75) is 64.2 Å². The molecule has 1 fully saturated rings. The minimum absolute atomic E-state index is 0.651. The van der Waals surface area contributed by atoms with E-state index in [4.69, 9.17) is 0 Å². The van der Waals surface area contributed by atoms with E-state index in [1.54, 1.807) is 10.9 Å². The highest BCUT2D eigenvalue weighted by Gasteiger charge is 2.40. The smallest absolute Gasteiger partial charge is 0.124 e. The van der Waals surface area contributed by atoms with Gasteiger partial charge in [0.05, 0.1) is 11.3 Å². The van der Waals surface area contributed by atoms with Crippen LogP contribution in [0.1, 0.15) is 57.7 Å². The molecule has 1 heterocycles. The van der Waals surface area contributed by atoms with Crippen molar-refractivity contribution >= 4 is 0 Å². The van der Waals surface area contributed by atoms with E-state index in [0.717, 1.165) is 31.5 Å². The van der Waals surface area contributed by atoms with Gasteiger partial charge in [0.25, 0.3) is 0 Å². The van der Waals surface area contributed by atoms with Gasteiger partial charge in [0, 0.05) is 12.7 Å². The van der Waals surface area contributed by atoms with Crippen LogP contribution < -0.4 is 0 Å². The van der Waals surface area contributed by atoms with Crippen LogP contribution in [0.15, 0.2) is 12.3 Å². The van der Waals surface area contributed by atoms with Gasteiger partial charge >= 0.3 is 0 Å². The summed E-state index contributed by atoms with van der Waals surface area (Å²) in [6.45, 7) is 5.06. The predicted octanol–water partition coefficient (Wildman–Crippen LogP) is 2.27. The number of aliphatic hydroxyl groups is 2. The maximum Gasteiger partial charge on any atom is 0.124 e. The first-order valence-corrected chi connectivity index (χ1v) is 6.99. The average Bonchev–Trinajstić information content (AvgIpc) is 2.81. The summed E-state index contributed by atoms with van der Waals surface area (Å²) in [6, 6.07) is 1.82. The summed E-state index contributed by atoms with van der Waals surface area (Å²) in [5.74, 6) is 0.651. The SMILES string of the molecule is CCCn1nccc1C(O)C1(O)CCC(C)CC1. The van der Waals surface area contributed by atoms with Crippen molar-refractivity contribution in [1.29, 1.82) is 0 Å². The van der Waals surface area contributed by atoms with Gasteiger partial charge in [-0.15, -0.1) is 0 Å². The summed E-state index contributed by atoms with van der Waals surface area (Å²) in [5, 5.41) is 25.3. The zero-order valence-corrected chi connectivity index (χ0v) is 11.3. The Balaban J connectivity index is 2.14. The Kier molecular flexibility index (Phi) is 4.07. The van der Waals surface area contributed by atoms with Gasteiger partial charge in [-0.1, -0.05) is 13.8 Å². The number of aliphatic hydroxyl groups excluding tert-OH is 1. The summed E-state index contributed by atoms with van der Waals surface area (Å²) in [6.07, 6.45) is 5.16. The molecule has 1 saturated carbocycles. The molecule has 0 aromatic carbocycles. The van der Waals surface area contributed by atoms with E-state index in [-0.39, 0.29) is 0 Å². The zero-order valence-electron chi connectivity index (χ0n) is 11.3. The summed E-state index contributed by atoms with van der Waals surface area (Å²) >= 11 is 0. The highest BCUT2D eigenvalue weighted by Crippen LogP contribution is 2.40. The first-order valence-electron chi connectivity index (χ1n) is 6.99. The van der Waals surface area contributed by atoms with Crippen LogP contribution in [0.3, 0.4) is 0 Å². The molecule has 18 heavy (non-hydrogen) atoms. The minimum Gasteiger partial charge on any atom is -0.387 e. The highest BCUT2D eigenvalue weighted by molar-refractivity contribution is 5.11. The first kappa shape index (κ1) is 13.6. The zero-order chi connectivity index (χ0) is 13.2. The molecule has 0 saturated heterocycles. The Bertz CT molecular complexity index is 381. The molecule has 2 rings (SSSR count). The molecule has 0 aliphatic heterocycles. The van der Waals surface area contributed by atoms with Crippen LogP contribution in [0, 0.1) is 5.92 Å². The molecule has 1 unspecified atom stereocenters. The molecule has 0 radical (unpaired) electrons.